The molecule has 0 saturated carbocycles. The third-order valence-corrected chi connectivity index (χ3v) is 1.80. The van der Waals surface area contributed by atoms with Gasteiger partial charge in [0.2, 0.25) is 0 Å². The zero-order valence-corrected chi connectivity index (χ0v) is 8.44. The second-order valence-electron chi connectivity index (χ2n) is 2.65. The third kappa shape index (κ3) is 3.00. The molecule has 3 heteroatoms. The Morgan fingerprint density at radius 2 is 2.31 bits per heavy atom. The van der Waals surface area contributed by atoms with E-state index >= 15 is 0 Å². The molecule has 0 atom stereocenters. The number of aryl methyl sites for hydroxylation is 1. The van der Waals surface area contributed by atoms with Gasteiger partial charge in [-0.25, -0.2) is 4.98 Å². The minimum absolute atomic E-state index is 0.708. The Balaban J connectivity index is 2.81. The van der Waals surface area contributed by atoms with Crippen LogP contribution in [0.2, 0.25) is 0 Å². The van der Waals surface area contributed by atoms with Gasteiger partial charge in [-0.05, 0) is 25.0 Å². The highest BCUT2D eigenvalue weighted by Gasteiger charge is 1.94. The molecule has 0 amide bonds. The van der Waals surface area contributed by atoms with Crippen molar-refractivity contribution < 1.29 is 0 Å². The largest absolute Gasteiger partial charge is 0.397 e. The smallest absolute Gasteiger partial charge is 0.113 e. The molecule has 1 aromatic rings. The van der Waals surface area contributed by atoms with Crippen molar-refractivity contribution in [3.8, 4) is 11.8 Å². The molecular weight excluding hydrogens is 180 g/mol. The lowest BCUT2D eigenvalue weighted by Gasteiger charge is -1.97. The Morgan fingerprint density at radius 1 is 1.54 bits per heavy atom. The molecule has 2 N–H and O–H groups in total. The van der Waals surface area contributed by atoms with Crippen LogP contribution >= 0.6 is 12.6 Å². The Kier molecular flexibility index (Phi) is 3.66. The maximum atomic E-state index is 5.62. The van der Waals surface area contributed by atoms with Crippen LogP contribution in [0, 0.1) is 18.8 Å². The van der Waals surface area contributed by atoms with Crippen molar-refractivity contribution in [3.63, 3.8) is 0 Å². The van der Waals surface area contributed by atoms with E-state index in [1.807, 2.05) is 19.1 Å². The average Bonchev–Trinajstić information content (AvgIpc) is 2.12. The van der Waals surface area contributed by atoms with Gasteiger partial charge in [0.1, 0.15) is 5.69 Å². The van der Waals surface area contributed by atoms with Gasteiger partial charge in [-0.1, -0.05) is 5.92 Å². The maximum Gasteiger partial charge on any atom is 0.113 e. The van der Waals surface area contributed by atoms with Gasteiger partial charge < -0.3 is 5.73 Å². The topological polar surface area (TPSA) is 38.9 Å². The van der Waals surface area contributed by atoms with E-state index in [0.29, 0.717) is 5.69 Å². The number of nitrogen functional groups attached to an aromatic ring is 1. The lowest BCUT2D eigenvalue weighted by molar-refractivity contribution is 1.18. The monoisotopic (exact) mass is 192 g/mol. The minimum Gasteiger partial charge on any atom is -0.397 e. The first kappa shape index (κ1) is 9.94. The quantitative estimate of drug-likeness (QED) is 0.524. The molecule has 2 nitrogen and oxygen atoms in total. The zero-order chi connectivity index (χ0) is 9.68. The highest BCUT2D eigenvalue weighted by molar-refractivity contribution is 7.80. The van der Waals surface area contributed by atoms with Gasteiger partial charge in [-0.3, -0.25) is 0 Å². The predicted octanol–water partition coefficient (Wildman–Crippen LogP) is 1.64. The number of nitrogens with zero attached hydrogens (tertiary/aromatic N) is 1. The van der Waals surface area contributed by atoms with E-state index in [1.165, 1.54) is 0 Å². The molecule has 0 aliphatic carbocycles. The maximum absolute atomic E-state index is 5.62. The summed E-state index contributed by atoms with van der Waals surface area (Å²) < 4.78 is 0. The number of thiol groups is 1. The molecule has 0 radical (unpaired) electrons. The molecule has 0 aliphatic heterocycles. The summed E-state index contributed by atoms with van der Waals surface area (Å²) in [5.41, 5.74) is 7.93. The molecule has 0 spiro atoms. The van der Waals surface area contributed by atoms with E-state index in [-0.39, 0.29) is 0 Å². The number of aromatic nitrogens is 1. The van der Waals surface area contributed by atoms with Gasteiger partial charge in [-0.15, -0.1) is 0 Å². The SMILES string of the molecule is Cc1nc(C#CCCS)ccc1N. The van der Waals surface area contributed by atoms with E-state index in [0.717, 1.165) is 23.6 Å². The molecule has 68 valence electrons. The number of hydrogen-bond acceptors (Lipinski definition) is 3. The summed E-state index contributed by atoms with van der Waals surface area (Å²) in [6, 6.07) is 3.65. The fourth-order valence-electron chi connectivity index (χ4n) is 0.850. The Bertz CT molecular complexity index is 350. The fraction of sp³-hybridized carbons (Fsp3) is 0.300. The summed E-state index contributed by atoms with van der Waals surface area (Å²) in [5, 5.41) is 0. The van der Waals surface area contributed by atoms with Gasteiger partial charge >= 0.3 is 0 Å². The number of anilines is 1. The number of rotatable bonds is 1. The van der Waals surface area contributed by atoms with E-state index in [2.05, 4.69) is 29.5 Å². The van der Waals surface area contributed by atoms with E-state index in [4.69, 9.17) is 5.73 Å². The molecule has 1 heterocycles. The van der Waals surface area contributed by atoms with Crippen molar-refractivity contribution in [2.75, 3.05) is 11.5 Å². The summed E-state index contributed by atoms with van der Waals surface area (Å²) in [7, 11) is 0. The van der Waals surface area contributed by atoms with Crippen LogP contribution in [0.4, 0.5) is 5.69 Å². The van der Waals surface area contributed by atoms with E-state index in [1.54, 1.807) is 0 Å². The van der Waals surface area contributed by atoms with Crippen molar-refractivity contribution in [1.82, 2.24) is 4.98 Å². The normalized spacial score (nSPS) is 9.08. The van der Waals surface area contributed by atoms with Crippen molar-refractivity contribution in [1.29, 1.82) is 0 Å². The second kappa shape index (κ2) is 4.78. The van der Waals surface area contributed by atoms with E-state index in [9.17, 15) is 0 Å². The second-order valence-corrected chi connectivity index (χ2v) is 3.09. The van der Waals surface area contributed by atoms with Gasteiger partial charge in [0.15, 0.2) is 0 Å². The average molecular weight is 192 g/mol. The number of nitrogens with two attached hydrogens (primary N) is 1. The van der Waals surface area contributed by atoms with Crippen LogP contribution in [0.25, 0.3) is 0 Å². The van der Waals surface area contributed by atoms with Crippen molar-refractivity contribution >= 4 is 18.3 Å². The molecule has 0 unspecified atom stereocenters. The summed E-state index contributed by atoms with van der Waals surface area (Å²) >= 11 is 4.06. The highest BCUT2D eigenvalue weighted by Crippen LogP contribution is 2.06. The Morgan fingerprint density at radius 3 is 2.92 bits per heavy atom. The van der Waals surface area contributed by atoms with Crippen LogP contribution in [0.15, 0.2) is 12.1 Å². The van der Waals surface area contributed by atoms with Gasteiger partial charge in [-0.2, -0.15) is 12.6 Å². The molecule has 1 rings (SSSR count). The molecule has 1 aromatic heterocycles. The molecule has 13 heavy (non-hydrogen) atoms. The van der Waals surface area contributed by atoms with Gasteiger partial charge in [0.25, 0.3) is 0 Å². The van der Waals surface area contributed by atoms with Crippen LogP contribution < -0.4 is 5.73 Å². The van der Waals surface area contributed by atoms with Crippen molar-refractivity contribution in [2.24, 2.45) is 0 Å². The third-order valence-electron chi connectivity index (χ3n) is 1.58. The standard InChI is InChI=1S/C10H12N2S/c1-8-10(11)6-5-9(12-8)4-2-3-7-13/h5-6,13H,3,7,11H2,1H3. The molecule has 0 aromatic carbocycles. The molecular formula is C10H12N2S. The van der Waals surface area contributed by atoms with Crippen LogP contribution in [-0.4, -0.2) is 10.7 Å². The van der Waals surface area contributed by atoms with E-state index < -0.39 is 0 Å². The van der Waals surface area contributed by atoms with Crippen LogP contribution in [0.3, 0.4) is 0 Å². The Labute approximate surface area is 84.0 Å². The minimum atomic E-state index is 0.708. The molecule has 0 aliphatic rings. The van der Waals surface area contributed by atoms with Crippen molar-refractivity contribution in [2.45, 2.75) is 13.3 Å². The summed E-state index contributed by atoms with van der Waals surface area (Å²) in [5.74, 6) is 6.70. The zero-order valence-electron chi connectivity index (χ0n) is 7.54. The lowest BCUT2D eigenvalue weighted by Crippen LogP contribution is -1.94. The van der Waals surface area contributed by atoms with Gasteiger partial charge in [0.05, 0.1) is 11.4 Å². The number of pyridine rings is 1. The first-order valence-corrected chi connectivity index (χ1v) is 4.70. The van der Waals surface area contributed by atoms with Crippen LogP contribution in [0.1, 0.15) is 17.8 Å². The predicted molar refractivity (Wildman–Crippen MR) is 58.7 cm³/mol. The molecule has 0 fully saturated rings. The lowest BCUT2D eigenvalue weighted by atomic mass is 10.2. The molecule has 0 saturated heterocycles. The first-order chi connectivity index (χ1) is 6.24. The fourth-order valence-corrected chi connectivity index (χ4v) is 0.962. The van der Waals surface area contributed by atoms with Crippen LogP contribution in [0.5, 0.6) is 0 Å². The highest BCUT2D eigenvalue weighted by atomic mass is 32.1. The van der Waals surface area contributed by atoms with Crippen LogP contribution in [-0.2, 0) is 0 Å². The summed E-state index contributed by atoms with van der Waals surface area (Å²) in [6.45, 7) is 1.87. The van der Waals surface area contributed by atoms with Gasteiger partial charge in [0, 0.05) is 12.2 Å². The summed E-state index contributed by atoms with van der Waals surface area (Å²) in [6.07, 6.45) is 0.786. The Hall–Kier alpha value is -1.14. The summed E-state index contributed by atoms with van der Waals surface area (Å²) in [4.78, 5) is 4.22. The number of hydrogen-bond donors (Lipinski definition) is 2. The van der Waals surface area contributed by atoms with Crippen molar-refractivity contribution in [3.05, 3.63) is 23.5 Å². The molecule has 0 bridgehead atoms. The first-order valence-electron chi connectivity index (χ1n) is 4.07.